The molecule has 1 amide bonds. The Labute approximate surface area is 119 Å². The number of nitrogens with two attached hydrogens (primary N) is 1. The van der Waals surface area contributed by atoms with Crippen LogP contribution in [0.2, 0.25) is 0 Å². The largest absolute Gasteiger partial charge is 0.492 e. The molecule has 0 aliphatic rings. The van der Waals surface area contributed by atoms with Crippen LogP contribution < -0.4 is 15.8 Å². The molecule has 0 radical (unpaired) electrons. The Morgan fingerprint density at radius 2 is 2.00 bits per heavy atom. The van der Waals surface area contributed by atoms with E-state index in [0.717, 1.165) is 12.3 Å². The molecule has 0 saturated heterocycles. The van der Waals surface area contributed by atoms with Gasteiger partial charge < -0.3 is 25.4 Å². The fourth-order valence-corrected chi connectivity index (χ4v) is 1.51. The summed E-state index contributed by atoms with van der Waals surface area (Å²) in [6.07, 6.45) is -0.633. The summed E-state index contributed by atoms with van der Waals surface area (Å²) in [4.78, 5) is 13.8. The van der Waals surface area contributed by atoms with Crippen molar-refractivity contribution < 1.29 is 14.3 Å². The Bertz CT molecular complexity index is 403. The molecule has 0 aliphatic carbocycles. The molecule has 0 aromatic heterocycles. The number of nitrogens with one attached hydrogen (secondary N) is 1. The van der Waals surface area contributed by atoms with Gasteiger partial charge >= 0.3 is 0 Å². The van der Waals surface area contributed by atoms with Gasteiger partial charge in [0.1, 0.15) is 18.5 Å². The van der Waals surface area contributed by atoms with Crippen LogP contribution in [-0.2, 0) is 9.53 Å². The van der Waals surface area contributed by atoms with Crippen LogP contribution in [-0.4, -0.2) is 57.8 Å². The van der Waals surface area contributed by atoms with E-state index >= 15 is 0 Å². The SMILES string of the molecule is COC(CN)C(=O)Nc1ccc(OCCN(C)C)cc1. The number of amides is 1. The topological polar surface area (TPSA) is 76.8 Å². The van der Waals surface area contributed by atoms with E-state index in [1.807, 2.05) is 31.1 Å². The van der Waals surface area contributed by atoms with E-state index in [1.165, 1.54) is 7.11 Å². The van der Waals surface area contributed by atoms with Gasteiger partial charge in [0, 0.05) is 25.9 Å². The lowest BCUT2D eigenvalue weighted by molar-refractivity contribution is -0.125. The summed E-state index contributed by atoms with van der Waals surface area (Å²) in [5.41, 5.74) is 6.12. The van der Waals surface area contributed by atoms with Crippen molar-refractivity contribution in [2.75, 3.05) is 46.2 Å². The van der Waals surface area contributed by atoms with E-state index in [4.69, 9.17) is 15.2 Å². The maximum Gasteiger partial charge on any atom is 0.254 e. The predicted octanol–water partition coefficient (Wildman–Crippen LogP) is 0.539. The summed E-state index contributed by atoms with van der Waals surface area (Å²) in [6, 6.07) is 7.20. The van der Waals surface area contributed by atoms with Crippen molar-refractivity contribution in [3.05, 3.63) is 24.3 Å². The van der Waals surface area contributed by atoms with Crippen LogP contribution in [0.3, 0.4) is 0 Å². The average molecular weight is 281 g/mol. The minimum atomic E-state index is -0.633. The number of ether oxygens (including phenoxy) is 2. The van der Waals surface area contributed by atoms with Crippen molar-refractivity contribution in [3.8, 4) is 5.75 Å². The standard InChI is InChI=1S/C14H23N3O3/c1-17(2)8-9-20-12-6-4-11(5-7-12)16-14(18)13(10-15)19-3/h4-7,13H,8-10,15H2,1-3H3,(H,16,18). The number of nitrogens with zero attached hydrogens (tertiary/aromatic N) is 1. The molecule has 3 N–H and O–H groups in total. The number of carbonyl (C=O) groups is 1. The first-order valence-electron chi connectivity index (χ1n) is 6.48. The van der Waals surface area contributed by atoms with Crippen molar-refractivity contribution in [1.82, 2.24) is 4.90 Å². The van der Waals surface area contributed by atoms with Crippen molar-refractivity contribution in [1.29, 1.82) is 0 Å². The minimum Gasteiger partial charge on any atom is -0.492 e. The number of anilines is 1. The van der Waals surface area contributed by atoms with Gasteiger partial charge in [0.15, 0.2) is 0 Å². The van der Waals surface area contributed by atoms with Gasteiger partial charge in [-0.3, -0.25) is 4.79 Å². The monoisotopic (exact) mass is 281 g/mol. The maximum atomic E-state index is 11.8. The first-order valence-corrected chi connectivity index (χ1v) is 6.48. The van der Waals surface area contributed by atoms with Crippen LogP contribution in [0, 0.1) is 0 Å². The zero-order valence-corrected chi connectivity index (χ0v) is 12.3. The van der Waals surface area contributed by atoms with Crippen molar-refractivity contribution in [2.24, 2.45) is 5.73 Å². The van der Waals surface area contributed by atoms with Gasteiger partial charge in [-0.2, -0.15) is 0 Å². The number of likely N-dealkylation sites (N-methyl/N-ethyl adjacent to an activating group) is 1. The summed E-state index contributed by atoms with van der Waals surface area (Å²) in [7, 11) is 5.44. The molecule has 20 heavy (non-hydrogen) atoms. The van der Waals surface area contributed by atoms with Gasteiger partial charge in [-0.1, -0.05) is 0 Å². The molecule has 1 aromatic rings. The number of hydrogen-bond acceptors (Lipinski definition) is 5. The van der Waals surface area contributed by atoms with Crippen LogP contribution in [0.5, 0.6) is 5.75 Å². The number of rotatable bonds is 8. The van der Waals surface area contributed by atoms with E-state index in [0.29, 0.717) is 12.3 Å². The molecule has 0 spiro atoms. The third-order valence-electron chi connectivity index (χ3n) is 2.72. The van der Waals surface area contributed by atoms with E-state index in [9.17, 15) is 4.79 Å². The van der Waals surface area contributed by atoms with Crippen molar-refractivity contribution >= 4 is 11.6 Å². The third-order valence-corrected chi connectivity index (χ3v) is 2.72. The summed E-state index contributed by atoms with van der Waals surface area (Å²) < 4.78 is 10.5. The zero-order valence-electron chi connectivity index (χ0n) is 12.3. The molecule has 1 atom stereocenters. The predicted molar refractivity (Wildman–Crippen MR) is 79.0 cm³/mol. The molecular formula is C14H23N3O3. The summed E-state index contributed by atoms with van der Waals surface area (Å²) in [5.74, 6) is 0.517. The molecule has 1 aromatic carbocycles. The summed E-state index contributed by atoms with van der Waals surface area (Å²) >= 11 is 0. The van der Waals surface area contributed by atoms with Gasteiger partial charge in [0.05, 0.1) is 0 Å². The molecule has 0 aliphatic heterocycles. The van der Waals surface area contributed by atoms with Crippen LogP contribution in [0.4, 0.5) is 5.69 Å². The van der Waals surface area contributed by atoms with Crippen LogP contribution in [0.25, 0.3) is 0 Å². The Kier molecular flexibility index (Phi) is 7.00. The molecule has 6 heteroatoms. The van der Waals surface area contributed by atoms with Crippen molar-refractivity contribution in [3.63, 3.8) is 0 Å². The average Bonchev–Trinajstić information content (AvgIpc) is 2.42. The van der Waals surface area contributed by atoms with Crippen molar-refractivity contribution in [2.45, 2.75) is 6.10 Å². The second-order valence-electron chi connectivity index (χ2n) is 4.63. The second-order valence-corrected chi connectivity index (χ2v) is 4.63. The maximum absolute atomic E-state index is 11.8. The normalized spacial score (nSPS) is 12.2. The Morgan fingerprint density at radius 1 is 1.35 bits per heavy atom. The van der Waals surface area contributed by atoms with Gasteiger partial charge in [0.25, 0.3) is 5.91 Å². The molecular weight excluding hydrogens is 258 g/mol. The molecule has 0 heterocycles. The van der Waals surface area contributed by atoms with Gasteiger partial charge in [-0.05, 0) is 38.4 Å². The molecule has 0 fully saturated rings. The highest BCUT2D eigenvalue weighted by atomic mass is 16.5. The number of methoxy groups -OCH3 is 1. The lowest BCUT2D eigenvalue weighted by Gasteiger charge is -2.14. The van der Waals surface area contributed by atoms with Crippen LogP contribution in [0.1, 0.15) is 0 Å². The highest BCUT2D eigenvalue weighted by Crippen LogP contribution is 2.16. The van der Waals surface area contributed by atoms with E-state index in [2.05, 4.69) is 5.32 Å². The zero-order chi connectivity index (χ0) is 15.0. The number of benzene rings is 1. The van der Waals surface area contributed by atoms with Gasteiger partial charge in [-0.25, -0.2) is 0 Å². The first kappa shape index (κ1) is 16.4. The van der Waals surface area contributed by atoms with E-state index in [-0.39, 0.29) is 12.5 Å². The highest BCUT2D eigenvalue weighted by Gasteiger charge is 2.15. The molecule has 0 saturated carbocycles. The lowest BCUT2D eigenvalue weighted by Crippen LogP contribution is -2.35. The second kappa shape index (κ2) is 8.52. The Balaban J connectivity index is 2.48. The number of hydrogen-bond donors (Lipinski definition) is 2. The fraction of sp³-hybridized carbons (Fsp3) is 0.500. The minimum absolute atomic E-state index is 0.147. The van der Waals surface area contributed by atoms with E-state index < -0.39 is 6.10 Å². The molecule has 6 nitrogen and oxygen atoms in total. The smallest absolute Gasteiger partial charge is 0.254 e. The first-order chi connectivity index (χ1) is 9.56. The molecule has 1 rings (SSSR count). The lowest BCUT2D eigenvalue weighted by atomic mass is 10.2. The summed E-state index contributed by atoms with van der Waals surface area (Å²) in [6.45, 7) is 1.62. The third kappa shape index (κ3) is 5.56. The Hall–Kier alpha value is -1.63. The highest BCUT2D eigenvalue weighted by molar-refractivity contribution is 5.94. The molecule has 0 bridgehead atoms. The fourth-order valence-electron chi connectivity index (χ4n) is 1.51. The van der Waals surface area contributed by atoms with Gasteiger partial charge in [-0.15, -0.1) is 0 Å². The van der Waals surface area contributed by atoms with E-state index in [1.54, 1.807) is 12.1 Å². The summed E-state index contributed by atoms with van der Waals surface area (Å²) in [5, 5.41) is 2.74. The quantitative estimate of drug-likeness (QED) is 0.727. The van der Waals surface area contributed by atoms with Gasteiger partial charge in [0.2, 0.25) is 0 Å². The van der Waals surface area contributed by atoms with Crippen LogP contribution >= 0.6 is 0 Å². The number of carbonyl (C=O) groups excluding carboxylic acids is 1. The molecule has 1 unspecified atom stereocenters. The molecule has 112 valence electrons. The Morgan fingerprint density at radius 3 is 2.50 bits per heavy atom. The van der Waals surface area contributed by atoms with Crippen LogP contribution in [0.15, 0.2) is 24.3 Å².